The second-order valence-corrected chi connectivity index (χ2v) is 6.27. The molecule has 2 aromatic carbocycles. The molecule has 0 bridgehead atoms. The van der Waals surface area contributed by atoms with Crippen LogP contribution in [-0.2, 0) is 22.4 Å². The zero-order valence-electron chi connectivity index (χ0n) is 14.2. The minimum absolute atomic E-state index is 0.273. The third kappa shape index (κ3) is 3.35. The zero-order chi connectivity index (χ0) is 17.9. The van der Waals surface area contributed by atoms with Gasteiger partial charge in [0.05, 0.1) is 5.56 Å². The smallest absolute Gasteiger partial charge is 0.339 e. The van der Waals surface area contributed by atoms with E-state index in [1.165, 1.54) is 0 Å². The van der Waals surface area contributed by atoms with Crippen LogP contribution in [0.2, 0.25) is 0 Å². The fourth-order valence-electron chi connectivity index (χ4n) is 3.16. The Labute approximate surface area is 151 Å². The highest BCUT2D eigenvalue weighted by atomic mass is 16.6. The fraction of sp³-hybridized carbons (Fsp3) is 0.300. The number of fused-ring (bicyclic) bond motifs is 2. The standard InChI is InChI=1S/C20H19NO5/c22-19(18-12-14-3-1-2-4-15(14)20(23)26-18)21-8-7-13-5-6-16-17(11-13)25-10-9-24-16/h1-6,11,18H,7-10,12H2,(H,21,22)/t18-/m1/s1. The highest BCUT2D eigenvalue weighted by Crippen LogP contribution is 2.30. The van der Waals surface area contributed by atoms with Crippen molar-refractivity contribution in [2.75, 3.05) is 19.8 Å². The van der Waals surface area contributed by atoms with Gasteiger partial charge < -0.3 is 19.5 Å². The van der Waals surface area contributed by atoms with Gasteiger partial charge in [-0.3, -0.25) is 4.79 Å². The van der Waals surface area contributed by atoms with Gasteiger partial charge in [-0.15, -0.1) is 0 Å². The number of hydrogen-bond donors (Lipinski definition) is 1. The lowest BCUT2D eigenvalue weighted by Gasteiger charge is -2.23. The Morgan fingerprint density at radius 3 is 2.77 bits per heavy atom. The van der Waals surface area contributed by atoms with Gasteiger partial charge in [0.2, 0.25) is 0 Å². The number of hydrogen-bond acceptors (Lipinski definition) is 5. The van der Waals surface area contributed by atoms with Crippen molar-refractivity contribution in [1.82, 2.24) is 5.32 Å². The van der Waals surface area contributed by atoms with E-state index >= 15 is 0 Å². The van der Waals surface area contributed by atoms with Crippen LogP contribution in [0.5, 0.6) is 11.5 Å². The highest BCUT2D eigenvalue weighted by molar-refractivity contribution is 5.95. The van der Waals surface area contributed by atoms with Crippen molar-refractivity contribution in [1.29, 1.82) is 0 Å². The molecule has 0 aliphatic carbocycles. The molecule has 1 amide bonds. The maximum atomic E-state index is 12.3. The predicted octanol–water partition coefficient (Wildman–Crippen LogP) is 1.90. The molecule has 0 saturated carbocycles. The number of cyclic esters (lactones) is 1. The van der Waals surface area contributed by atoms with Gasteiger partial charge in [-0.05, 0) is 35.7 Å². The molecule has 26 heavy (non-hydrogen) atoms. The first-order valence-corrected chi connectivity index (χ1v) is 8.66. The molecule has 0 unspecified atom stereocenters. The van der Waals surface area contributed by atoms with Crippen LogP contribution in [0.1, 0.15) is 21.5 Å². The maximum absolute atomic E-state index is 12.3. The third-order valence-corrected chi connectivity index (χ3v) is 4.50. The first-order valence-electron chi connectivity index (χ1n) is 8.66. The van der Waals surface area contributed by atoms with E-state index in [1.807, 2.05) is 30.3 Å². The lowest BCUT2D eigenvalue weighted by molar-refractivity contribution is -0.130. The van der Waals surface area contributed by atoms with Gasteiger partial charge in [0.25, 0.3) is 5.91 Å². The fourth-order valence-corrected chi connectivity index (χ4v) is 3.16. The van der Waals surface area contributed by atoms with Crippen molar-refractivity contribution in [2.45, 2.75) is 18.9 Å². The van der Waals surface area contributed by atoms with E-state index in [9.17, 15) is 9.59 Å². The molecule has 0 spiro atoms. The second kappa shape index (κ2) is 7.07. The lowest BCUT2D eigenvalue weighted by Crippen LogP contribution is -2.42. The molecular formula is C20H19NO5. The summed E-state index contributed by atoms with van der Waals surface area (Å²) in [6.07, 6.45) is 0.273. The molecule has 0 fully saturated rings. The van der Waals surface area contributed by atoms with Gasteiger partial charge >= 0.3 is 5.97 Å². The first kappa shape index (κ1) is 16.4. The molecule has 1 N–H and O–H groups in total. The number of ether oxygens (including phenoxy) is 3. The topological polar surface area (TPSA) is 73.9 Å². The van der Waals surface area contributed by atoms with Crippen LogP contribution in [0.15, 0.2) is 42.5 Å². The molecule has 1 atom stereocenters. The van der Waals surface area contributed by atoms with Crippen molar-refractivity contribution in [2.24, 2.45) is 0 Å². The van der Waals surface area contributed by atoms with Crippen LogP contribution in [-0.4, -0.2) is 37.7 Å². The van der Waals surface area contributed by atoms with Gasteiger partial charge in [0.15, 0.2) is 17.6 Å². The van der Waals surface area contributed by atoms with Gasteiger partial charge in [-0.1, -0.05) is 24.3 Å². The Kier molecular flexibility index (Phi) is 4.48. The van der Waals surface area contributed by atoms with Gasteiger partial charge in [0.1, 0.15) is 13.2 Å². The maximum Gasteiger partial charge on any atom is 0.339 e. The van der Waals surface area contributed by atoms with Crippen LogP contribution in [0, 0.1) is 0 Å². The quantitative estimate of drug-likeness (QED) is 0.850. The molecule has 0 radical (unpaired) electrons. The molecule has 134 valence electrons. The number of nitrogens with one attached hydrogen (secondary N) is 1. The van der Waals surface area contributed by atoms with Gasteiger partial charge in [-0.25, -0.2) is 4.79 Å². The minimum atomic E-state index is -0.780. The van der Waals surface area contributed by atoms with Crippen LogP contribution in [0.3, 0.4) is 0 Å². The van der Waals surface area contributed by atoms with E-state index < -0.39 is 12.1 Å². The number of esters is 1. The van der Waals surface area contributed by atoms with Crippen molar-refractivity contribution >= 4 is 11.9 Å². The Morgan fingerprint density at radius 1 is 1.08 bits per heavy atom. The summed E-state index contributed by atoms with van der Waals surface area (Å²) < 4.78 is 16.3. The number of rotatable bonds is 4. The average molecular weight is 353 g/mol. The number of benzene rings is 2. The van der Waals surface area contributed by atoms with Crippen molar-refractivity contribution in [3.8, 4) is 11.5 Å². The number of carbonyl (C=O) groups is 2. The summed E-state index contributed by atoms with van der Waals surface area (Å²) in [5, 5.41) is 2.84. The first-order chi connectivity index (χ1) is 12.7. The summed E-state index contributed by atoms with van der Waals surface area (Å²) in [5.41, 5.74) is 2.42. The molecule has 0 saturated heterocycles. The molecule has 6 heteroatoms. The largest absolute Gasteiger partial charge is 0.486 e. The molecule has 2 aromatic rings. The van der Waals surface area contributed by atoms with E-state index in [0.717, 1.165) is 22.6 Å². The minimum Gasteiger partial charge on any atom is -0.486 e. The van der Waals surface area contributed by atoms with E-state index in [0.29, 0.717) is 38.2 Å². The summed E-state index contributed by atoms with van der Waals surface area (Å²) in [6, 6.07) is 13.0. The van der Waals surface area contributed by atoms with E-state index in [2.05, 4.69) is 5.32 Å². The Hall–Kier alpha value is -3.02. The lowest BCUT2D eigenvalue weighted by atomic mass is 9.98. The molecular weight excluding hydrogens is 334 g/mol. The molecule has 2 heterocycles. The summed E-state index contributed by atoms with van der Waals surface area (Å²) in [7, 11) is 0. The molecule has 6 nitrogen and oxygen atoms in total. The molecule has 0 aromatic heterocycles. The zero-order valence-corrected chi connectivity index (χ0v) is 14.2. The Morgan fingerprint density at radius 2 is 1.88 bits per heavy atom. The van der Waals surface area contributed by atoms with Crippen LogP contribution < -0.4 is 14.8 Å². The Bertz CT molecular complexity index is 848. The van der Waals surface area contributed by atoms with Crippen LogP contribution in [0.25, 0.3) is 0 Å². The van der Waals surface area contributed by atoms with E-state index in [-0.39, 0.29) is 5.91 Å². The normalized spacial score (nSPS) is 17.8. The van der Waals surface area contributed by atoms with Crippen molar-refractivity contribution < 1.29 is 23.8 Å². The second-order valence-electron chi connectivity index (χ2n) is 6.27. The van der Waals surface area contributed by atoms with Crippen LogP contribution >= 0.6 is 0 Å². The summed E-state index contributed by atoms with van der Waals surface area (Å²) in [4.78, 5) is 24.3. The van der Waals surface area contributed by atoms with E-state index in [4.69, 9.17) is 14.2 Å². The third-order valence-electron chi connectivity index (χ3n) is 4.50. The molecule has 4 rings (SSSR count). The molecule has 2 aliphatic rings. The monoisotopic (exact) mass is 353 g/mol. The average Bonchev–Trinajstić information content (AvgIpc) is 2.68. The van der Waals surface area contributed by atoms with Gasteiger partial charge in [-0.2, -0.15) is 0 Å². The van der Waals surface area contributed by atoms with Crippen molar-refractivity contribution in [3.63, 3.8) is 0 Å². The van der Waals surface area contributed by atoms with Crippen molar-refractivity contribution in [3.05, 3.63) is 59.2 Å². The summed E-state index contributed by atoms with van der Waals surface area (Å²) in [6.45, 7) is 1.56. The summed E-state index contributed by atoms with van der Waals surface area (Å²) in [5.74, 6) is 0.763. The van der Waals surface area contributed by atoms with E-state index in [1.54, 1.807) is 12.1 Å². The molecule has 2 aliphatic heterocycles. The highest BCUT2D eigenvalue weighted by Gasteiger charge is 2.30. The number of amides is 1. The number of carbonyl (C=O) groups excluding carboxylic acids is 2. The van der Waals surface area contributed by atoms with Crippen LogP contribution in [0.4, 0.5) is 0 Å². The SMILES string of the molecule is O=C1O[C@@H](C(=O)NCCc2ccc3c(c2)OCCO3)Cc2ccccc21. The Balaban J connectivity index is 1.33. The predicted molar refractivity (Wildman–Crippen MR) is 93.5 cm³/mol. The summed E-state index contributed by atoms with van der Waals surface area (Å²) >= 11 is 0. The van der Waals surface area contributed by atoms with Gasteiger partial charge in [0, 0.05) is 13.0 Å².